The van der Waals surface area contributed by atoms with Crippen molar-refractivity contribution in [2.45, 2.75) is 34.1 Å². The van der Waals surface area contributed by atoms with Crippen molar-refractivity contribution in [2.75, 3.05) is 13.7 Å². The van der Waals surface area contributed by atoms with Gasteiger partial charge in [0.15, 0.2) is 0 Å². The molecule has 0 unspecified atom stereocenters. The third-order valence-electron chi connectivity index (χ3n) is 3.21. The number of aliphatic imine (C=N–C) groups is 1. The molecule has 1 aromatic carbocycles. The fourth-order valence-electron chi connectivity index (χ4n) is 2.12. The van der Waals surface area contributed by atoms with Crippen LogP contribution in [0.25, 0.3) is 0 Å². The largest absolute Gasteiger partial charge is 0.396 e. The molecular weight excluding hydrogens is 258 g/mol. The molecule has 0 bridgehead atoms. The van der Waals surface area contributed by atoms with Crippen molar-refractivity contribution in [3.63, 3.8) is 0 Å². The highest BCUT2D eigenvalue weighted by Gasteiger charge is 2.12. The first-order valence-corrected chi connectivity index (χ1v) is 7.34. The molecule has 0 spiro atoms. The van der Waals surface area contributed by atoms with Crippen LogP contribution in [-0.4, -0.2) is 24.5 Å². The Balaban J connectivity index is 3.19. The van der Waals surface area contributed by atoms with Crippen LogP contribution < -0.4 is 0 Å². The lowest BCUT2D eigenvalue weighted by Crippen LogP contribution is -2.09. The van der Waals surface area contributed by atoms with Crippen LogP contribution in [0, 0.1) is 12.3 Å². The van der Waals surface area contributed by atoms with Crippen molar-refractivity contribution in [2.24, 2.45) is 10.4 Å². The number of rotatable bonds is 5. The Morgan fingerprint density at radius 2 is 2.00 bits per heavy atom. The molecule has 2 heteroatoms. The molecule has 0 fully saturated rings. The Kier molecular flexibility index (Phi) is 6.10. The summed E-state index contributed by atoms with van der Waals surface area (Å²) in [4.78, 5) is 4.43. The maximum absolute atomic E-state index is 9.24. The predicted molar refractivity (Wildman–Crippen MR) is 92.2 cm³/mol. The van der Waals surface area contributed by atoms with Crippen LogP contribution >= 0.6 is 0 Å². The van der Waals surface area contributed by atoms with Gasteiger partial charge < -0.3 is 5.11 Å². The van der Waals surface area contributed by atoms with E-state index in [1.807, 2.05) is 6.08 Å². The summed E-state index contributed by atoms with van der Waals surface area (Å²) in [6.07, 6.45) is 4.81. The summed E-state index contributed by atoms with van der Waals surface area (Å²) in [5, 5.41) is 9.24. The van der Waals surface area contributed by atoms with E-state index >= 15 is 0 Å². The summed E-state index contributed by atoms with van der Waals surface area (Å²) in [5.41, 5.74) is 5.26. The van der Waals surface area contributed by atoms with Gasteiger partial charge in [-0.2, -0.15) is 0 Å². The summed E-state index contributed by atoms with van der Waals surface area (Å²) >= 11 is 0. The average molecular weight is 285 g/mol. The normalized spacial score (nSPS) is 13.0. The number of hydrogen-bond acceptors (Lipinski definition) is 2. The van der Waals surface area contributed by atoms with Gasteiger partial charge in [0.2, 0.25) is 0 Å². The monoisotopic (exact) mass is 285 g/mol. The maximum atomic E-state index is 9.24. The highest BCUT2D eigenvalue weighted by molar-refractivity contribution is 6.14. The van der Waals surface area contributed by atoms with E-state index in [1.54, 1.807) is 7.05 Å². The third-order valence-corrected chi connectivity index (χ3v) is 3.21. The van der Waals surface area contributed by atoms with Crippen LogP contribution in [0.4, 0.5) is 0 Å². The molecule has 0 aliphatic carbocycles. The molecule has 1 aromatic rings. The van der Waals surface area contributed by atoms with Crippen molar-refractivity contribution in [3.05, 3.63) is 59.2 Å². The molecule has 0 heterocycles. The molecule has 21 heavy (non-hydrogen) atoms. The smallest absolute Gasteiger partial charge is 0.0712 e. The second-order valence-corrected chi connectivity index (χ2v) is 6.43. The first-order valence-electron chi connectivity index (χ1n) is 7.34. The van der Waals surface area contributed by atoms with E-state index in [0.29, 0.717) is 6.42 Å². The zero-order valence-corrected chi connectivity index (χ0v) is 13.9. The molecule has 0 saturated carbocycles. The summed E-state index contributed by atoms with van der Waals surface area (Å²) in [5.74, 6) is 0. The Bertz CT molecular complexity index is 559. The second-order valence-electron chi connectivity index (χ2n) is 6.43. The average Bonchev–Trinajstić information content (AvgIpc) is 2.39. The minimum atomic E-state index is 0.113. The van der Waals surface area contributed by atoms with E-state index in [4.69, 9.17) is 0 Å². The molecule has 0 amide bonds. The van der Waals surface area contributed by atoms with Crippen LogP contribution in [0.3, 0.4) is 0 Å². The zero-order valence-electron chi connectivity index (χ0n) is 13.9. The van der Waals surface area contributed by atoms with Gasteiger partial charge in [0.05, 0.1) is 5.71 Å². The van der Waals surface area contributed by atoms with Gasteiger partial charge >= 0.3 is 0 Å². The molecule has 2 nitrogen and oxygen atoms in total. The number of aryl methyl sites for hydroxylation is 1. The second kappa shape index (κ2) is 7.37. The minimum absolute atomic E-state index is 0.113. The number of aliphatic hydroxyl groups excluding tert-OH is 1. The van der Waals surface area contributed by atoms with E-state index < -0.39 is 0 Å². The van der Waals surface area contributed by atoms with Crippen molar-refractivity contribution in [1.82, 2.24) is 0 Å². The minimum Gasteiger partial charge on any atom is -0.396 e. The number of allylic oxidation sites excluding steroid dienone is 3. The standard InChI is InChI=1S/C19H27NO/c1-14-7-8-16(10-12-21)17(13-14)18(20-6)15(2)9-11-19(3,4)5/h7-9,11,13,21H,2,10,12H2,1,3-6H3/b11-9-,20-18?. The van der Waals surface area contributed by atoms with Crippen LogP contribution in [0.15, 0.2) is 47.5 Å². The van der Waals surface area contributed by atoms with Crippen molar-refractivity contribution in [3.8, 4) is 0 Å². The summed E-state index contributed by atoms with van der Waals surface area (Å²) < 4.78 is 0. The lowest BCUT2D eigenvalue weighted by molar-refractivity contribution is 0.299. The first-order chi connectivity index (χ1) is 9.78. The van der Waals surface area contributed by atoms with Gasteiger partial charge in [-0.25, -0.2) is 0 Å². The number of hydrogen-bond donors (Lipinski definition) is 1. The Morgan fingerprint density at radius 1 is 1.33 bits per heavy atom. The lowest BCUT2D eigenvalue weighted by atomic mass is 9.91. The first kappa shape index (κ1) is 17.4. The lowest BCUT2D eigenvalue weighted by Gasteiger charge is -2.15. The van der Waals surface area contributed by atoms with Crippen molar-refractivity contribution < 1.29 is 5.11 Å². The van der Waals surface area contributed by atoms with Gasteiger partial charge in [0, 0.05) is 19.2 Å². The highest BCUT2D eigenvalue weighted by atomic mass is 16.2. The highest BCUT2D eigenvalue weighted by Crippen LogP contribution is 2.20. The van der Waals surface area contributed by atoms with Gasteiger partial charge in [0.25, 0.3) is 0 Å². The molecule has 1 rings (SSSR count). The quantitative estimate of drug-likeness (QED) is 0.641. The van der Waals surface area contributed by atoms with Gasteiger partial charge in [-0.05, 0) is 36.0 Å². The molecule has 0 aliphatic heterocycles. The molecule has 114 valence electrons. The van der Waals surface area contributed by atoms with Crippen LogP contribution in [0.1, 0.15) is 37.5 Å². The van der Waals surface area contributed by atoms with E-state index in [0.717, 1.165) is 22.4 Å². The van der Waals surface area contributed by atoms with E-state index in [1.165, 1.54) is 5.56 Å². The molecule has 0 aliphatic rings. The van der Waals surface area contributed by atoms with E-state index in [2.05, 4.69) is 63.5 Å². The zero-order chi connectivity index (χ0) is 16.0. The summed E-state index contributed by atoms with van der Waals surface area (Å²) in [6, 6.07) is 6.24. The predicted octanol–water partition coefficient (Wildman–Crippen LogP) is 4.11. The third kappa shape index (κ3) is 5.31. The van der Waals surface area contributed by atoms with Gasteiger partial charge in [0.1, 0.15) is 0 Å². The molecule has 0 aromatic heterocycles. The van der Waals surface area contributed by atoms with Gasteiger partial charge in [-0.3, -0.25) is 4.99 Å². The summed E-state index contributed by atoms with van der Waals surface area (Å²) in [7, 11) is 1.79. The fourth-order valence-corrected chi connectivity index (χ4v) is 2.12. The topological polar surface area (TPSA) is 32.6 Å². The number of benzene rings is 1. The van der Waals surface area contributed by atoms with Crippen molar-refractivity contribution >= 4 is 5.71 Å². The van der Waals surface area contributed by atoms with Crippen molar-refractivity contribution in [1.29, 1.82) is 0 Å². The van der Waals surface area contributed by atoms with Gasteiger partial charge in [-0.15, -0.1) is 0 Å². The fraction of sp³-hybridized carbons (Fsp3) is 0.421. The number of aliphatic hydroxyl groups is 1. The van der Waals surface area contributed by atoms with Gasteiger partial charge in [-0.1, -0.05) is 57.2 Å². The maximum Gasteiger partial charge on any atom is 0.0712 e. The molecular formula is C19H27NO. The van der Waals surface area contributed by atoms with Crippen LogP contribution in [0.5, 0.6) is 0 Å². The molecule has 0 radical (unpaired) electrons. The SMILES string of the molecule is C=C(/C=C\C(C)(C)C)C(=NC)c1cc(C)ccc1CCO. The number of nitrogens with zero attached hydrogens (tertiary/aromatic N) is 1. The molecule has 0 saturated heterocycles. The Morgan fingerprint density at radius 3 is 2.52 bits per heavy atom. The van der Waals surface area contributed by atoms with Crippen LogP contribution in [-0.2, 0) is 6.42 Å². The summed E-state index contributed by atoms with van der Waals surface area (Å²) in [6.45, 7) is 12.8. The van der Waals surface area contributed by atoms with E-state index in [9.17, 15) is 5.11 Å². The van der Waals surface area contributed by atoms with Crippen LogP contribution in [0.2, 0.25) is 0 Å². The molecule has 0 atom stereocenters. The Hall–Kier alpha value is -1.67. The molecule has 1 N–H and O–H groups in total. The Labute approximate surface area is 128 Å². The van der Waals surface area contributed by atoms with E-state index in [-0.39, 0.29) is 12.0 Å².